The Morgan fingerprint density at radius 3 is 2.58 bits per heavy atom. The lowest BCUT2D eigenvalue weighted by Gasteiger charge is -2.19. The molecule has 3 nitrogen and oxygen atoms in total. The molecule has 0 saturated heterocycles. The average molecular weight is 262 g/mol. The van der Waals surface area contributed by atoms with Crippen LogP contribution in [0.25, 0.3) is 6.08 Å². The second-order valence-electron chi connectivity index (χ2n) is 5.22. The zero-order chi connectivity index (χ0) is 14.3. The Balaban J connectivity index is 2.47. The van der Waals surface area contributed by atoms with Crippen molar-refractivity contribution in [1.82, 2.24) is 0 Å². The van der Waals surface area contributed by atoms with Crippen molar-refractivity contribution in [2.45, 2.75) is 39.7 Å². The summed E-state index contributed by atoms with van der Waals surface area (Å²) in [6, 6.07) is 7.74. The highest BCUT2D eigenvalue weighted by molar-refractivity contribution is 5.70. The molecule has 0 aliphatic rings. The second kappa shape index (κ2) is 6.98. The van der Waals surface area contributed by atoms with Crippen LogP contribution in [0.2, 0.25) is 0 Å². The summed E-state index contributed by atoms with van der Waals surface area (Å²) in [6.07, 6.45) is 4.18. The molecule has 0 unspecified atom stereocenters. The van der Waals surface area contributed by atoms with E-state index in [1.807, 2.05) is 64.1 Å². The van der Waals surface area contributed by atoms with E-state index in [2.05, 4.69) is 0 Å². The van der Waals surface area contributed by atoms with Gasteiger partial charge in [-0.2, -0.15) is 0 Å². The summed E-state index contributed by atoms with van der Waals surface area (Å²) in [5.74, 6) is 0.542. The average Bonchev–Trinajstić information content (AvgIpc) is 2.29. The third-order valence-electron chi connectivity index (χ3n) is 2.25. The molecule has 104 valence electrons. The van der Waals surface area contributed by atoms with Gasteiger partial charge >= 0.3 is 5.97 Å². The maximum Gasteiger partial charge on any atom is 0.309 e. The Bertz CT molecular complexity index is 442. The molecule has 0 saturated carbocycles. The van der Waals surface area contributed by atoms with Crippen LogP contribution in [0, 0.1) is 0 Å². The molecule has 1 aromatic rings. The smallest absolute Gasteiger partial charge is 0.309 e. The molecule has 0 N–H and O–H groups in total. The lowest BCUT2D eigenvalue weighted by atomic mass is 10.2. The van der Waals surface area contributed by atoms with Gasteiger partial charge in [0.05, 0.1) is 13.0 Å². The van der Waals surface area contributed by atoms with Gasteiger partial charge in [0.25, 0.3) is 0 Å². The monoisotopic (exact) mass is 262 g/mol. The minimum atomic E-state index is -0.445. The molecule has 0 aliphatic carbocycles. The summed E-state index contributed by atoms with van der Waals surface area (Å²) < 4.78 is 10.8. The van der Waals surface area contributed by atoms with Crippen molar-refractivity contribution in [3.05, 3.63) is 35.9 Å². The van der Waals surface area contributed by atoms with E-state index in [4.69, 9.17) is 9.47 Å². The minimum Gasteiger partial charge on any atom is -0.492 e. The second-order valence-corrected chi connectivity index (χ2v) is 5.22. The summed E-state index contributed by atoms with van der Waals surface area (Å²) in [6.45, 7) is 7.84. The van der Waals surface area contributed by atoms with Crippen molar-refractivity contribution >= 4 is 12.0 Å². The van der Waals surface area contributed by atoms with Gasteiger partial charge in [0, 0.05) is 5.56 Å². The van der Waals surface area contributed by atoms with E-state index in [0.717, 1.165) is 11.3 Å². The van der Waals surface area contributed by atoms with Crippen molar-refractivity contribution in [2.24, 2.45) is 0 Å². The van der Waals surface area contributed by atoms with Gasteiger partial charge in [-0.25, -0.2) is 0 Å². The molecule has 0 amide bonds. The van der Waals surface area contributed by atoms with Crippen molar-refractivity contribution < 1.29 is 14.3 Å². The molecule has 1 aromatic carbocycles. The topological polar surface area (TPSA) is 35.5 Å². The molecule has 0 aromatic heterocycles. The lowest BCUT2D eigenvalue weighted by molar-refractivity contribution is -0.155. The van der Waals surface area contributed by atoms with Crippen LogP contribution >= 0.6 is 0 Å². The lowest BCUT2D eigenvalue weighted by Crippen LogP contribution is -2.24. The van der Waals surface area contributed by atoms with E-state index in [1.165, 1.54) is 0 Å². The standard InChI is InChI=1S/C16H22O3/c1-5-8-13-9-6-7-10-14(13)18-12-11-15(17)19-16(2,3)4/h5-10H,11-12H2,1-4H3/b8-5+. The zero-order valence-electron chi connectivity index (χ0n) is 12.1. The van der Waals surface area contributed by atoms with Crippen LogP contribution in [-0.4, -0.2) is 18.2 Å². The van der Waals surface area contributed by atoms with Crippen LogP contribution in [0.1, 0.15) is 39.7 Å². The van der Waals surface area contributed by atoms with Crippen molar-refractivity contribution in [1.29, 1.82) is 0 Å². The van der Waals surface area contributed by atoms with Crippen LogP contribution in [0.3, 0.4) is 0 Å². The summed E-state index contributed by atoms with van der Waals surface area (Å²) in [5, 5.41) is 0. The number of carbonyl (C=O) groups is 1. The maximum absolute atomic E-state index is 11.5. The van der Waals surface area contributed by atoms with E-state index in [0.29, 0.717) is 6.61 Å². The molecule has 0 heterocycles. The Morgan fingerprint density at radius 1 is 1.26 bits per heavy atom. The van der Waals surface area contributed by atoms with Crippen LogP contribution in [-0.2, 0) is 9.53 Å². The molecular weight excluding hydrogens is 240 g/mol. The fourth-order valence-electron chi connectivity index (χ4n) is 1.57. The molecule has 0 radical (unpaired) electrons. The molecule has 0 bridgehead atoms. The van der Waals surface area contributed by atoms with Gasteiger partial charge in [-0.3, -0.25) is 4.79 Å². The predicted molar refractivity (Wildman–Crippen MR) is 77.1 cm³/mol. The first kappa shape index (κ1) is 15.3. The number of carbonyl (C=O) groups excluding carboxylic acids is 1. The Hall–Kier alpha value is -1.77. The Kier molecular flexibility index (Phi) is 5.61. The van der Waals surface area contributed by atoms with Gasteiger partial charge in [-0.1, -0.05) is 30.4 Å². The van der Waals surface area contributed by atoms with Crippen LogP contribution in [0.5, 0.6) is 5.75 Å². The quantitative estimate of drug-likeness (QED) is 0.756. The molecule has 0 aliphatic heterocycles. The Labute approximate surface area is 115 Å². The summed E-state index contributed by atoms with van der Waals surface area (Å²) in [5.41, 5.74) is 0.564. The van der Waals surface area contributed by atoms with Crippen molar-refractivity contribution in [3.8, 4) is 5.75 Å². The van der Waals surface area contributed by atoms with E-state index in [-0.39, 0.29) is 12.4 Å². The van der Waals surface area contributed by atoms with Crippen molar-refractivity contribution in [2.75, 3.05) is 6.61 Å². The van der Waals surface area contributed by atoms with Gasteiger partial charge in [0.2, 0.25) is 0 Å². The molecule has 0 spiro atoms. The minimum absolute atomic E-state index is 0.240. The molecular formula is C16H22O3. The summed E-state index contributed by atoms with van der Waals surface area (Å²) >= 11 is 0. The van der Waals surface area contributed by atoms with E-state index in [1.54, 1.807) is 0 Å². The molecule has 3 heteroatoms. The van der Waals surface area contributed by atoms with Crippen molar-refractivity contribution in [3.63, 3.8) is 0 Å². The maximum atomic E-state index is 11.5. The van der Waals surface area contributed by atoms with Gasteiger partial charge in [0.15, 0.2) is 0 Å². The SMILES string of the molecule is C/C=C/c1ccccc1OCCC(=O)OC(C)(C)C. The number of para-hydroxylation sites is 1. The summed E-state index contributed by atoms with van der Waals surface area (Å²) in [7, 11) is 0. The number of benzene rings is 1. The third kappa shape index (κ3) is 6.09. The van der Waals surface area contributed by atoms with E-state index >= 15 is 0 Å². The predicted octanol–water partition coefficient (Wildman–Crippen LogP) is 3.83. The van der Waals surface area contributed by atoms with Crippen LogP contribution in [0.15, 0.2) is 30.3 Å². The fourth-order valence-corrected chi connectivity index (χ4v) is 1.57. The van der Waals surface area contributed by atoms with Crippen LogP contribution < -0.4 is 4.74 Å². The number of esters is 1. The summed E-state index contributed by atoms with van der Waals surface area (Å²) in [4.78, 5) is 11.5. The first-order valence-electron chi connectivity index (χ1n) is 6.49. The highest BCUT2D eigenvalue weighted by Gasteiger charge is 2.16. The molecule has 1 rings (SSSR count). The fraction of sp³-hybridized carbons (Fsp3) is 0.438. The van der Waals surface area contributed by atoms with E-state index in [9.17, 15) is 4.79 Å². The number of hydrogen-bond acceptors (Lipinski definition) is 3. The number of rotatable bonds is 5. The number of hydrogen-bond donors (Lipinski definition) is 0. The molecule has 0 fully saturated rings. The zero-order valence-corrected chi connectivity index (χ0v) is 12.1. The Morgan fingerprint density at radius 2 is 1.95 bits per heavy atom. The van der Waals surface area contributed by atoms with Gasteiger partial charge in [0.1, 0.15) is 11.4 Å². The first-order chi connectivity index (χ1) is 8.92. The van der Waals surface area contributed by atoms with E-state index < -0.39 is 5.60 Å². The first-order valence-corrected chi connectivity index (χ1v) is 6.49. The van der Waals surface area contributed by atoms with Gasteiger partial charge in [-0.15, -0.1) is 0 Å². The number of ether oxygens (including phenoxy) is 2. The van der Waals surface area contributed by atoms with Gasteiger partial charge < -0.3 is 9.47 Å². The highest BCUT2D eigenvalue weighted by Crippen LogP contribution is 2.19. The largest absolute Gasteiger partial charge is 0.492 e. The number of allylic oxidation sites excluding steroid dienone is 1. The molecule has 0 atom stereocenters. The molecule has 19 heavy (non-hydrogen) atoms. The third-order valence-corrected chi connectivity index (χ3v) is 2.25. The van der Waals surface area contributed by atoms with Crippen LogP contribution in [0.4, 0.5) is 0 Å². The normalized spacial score (nSPS) is 11.6. The van der Waals surface area contributed by atoms with Gasteiger partial charge in [-0.05, 0) is 33.8 Å². The highest BCUT2D eigenvalue weighted by atomic mass is 16.6.